The molecule has 0 heterocycles. The number of aryl methyl sites for hydroxylation is 1. The number of rotatable bonds is 4. The van der Waals surface area contributed by atoms with Gasteiger partial charge in [0.2, 0.25) is 0 Å². The van der Waals surface area contributed by atoms with Crippen LogP contribution < -0.4 is 4.74 Å². The van der Waals surface area contributed by atoms with Gasteiger partial charge in [0.25, 0.3) is 0 Å². The van der Waals surface area contributed by atoms with Crippen molar-refractivity contribution in [2.45, 2.75) is 40.2 Å². The molecule has 23 heavy (non-hydrogen) atoms. The van der Waals surface area contributed by atoms with Crippen LogP contribution in [0.1, 0.15) is 44.9 Å². The number of hydrogen-bond donors (Lipinski definition) is 1. The normalized spacial score (nSPS) is 13.0. The van der Waals surface area contributed by atoms with Crippen molar-refractivity contribution in [3.8, 4) is 16.9 Å². The molecule has 0 unspecified atom stereocenters. The molecule has 0 bridgehead atoms. The van der Waals surface area contributed by atoms with Gasteiger partial charge in [0, 0.05) is 5.56 Å². The van der Waals surface area contributed by atoms with Crippen molar-refractivity contribution in [1.29, 1.82) is 0 Å². The Kier molecular flexibility index (Phi) is 5.10. The van der Waals surface area contributed by atoms with Gasteiger partial charge in [-0.05, 0) is 46.7 Å². The predicted octanol–water partition coefficient (Wildman–Crippen LogP) is 5.14. The second kappa shape index (κ2) is 6.71. The van der Waals surface area contributed by atoms with E-state index in [2.05, 4.69) is 6.92 Å². The lowest BCUT2D eigenvalue weighted by Gasteiger charge is -2.28. The largest absolute Gasteiger partial charge is 0.497 e. The van der Waals surface area contributed by atoms with Crippen LogP contribution in [0.25, 0.3) is 11.1 Å². The van der Waals surface area contributed by atoms with Gasteiger partial charge >= 0.3 is 0 Å². The molecule has 0 saturated carbocycles. The van der Waals surface area contributed by atoms with Crippen molar-refractivity contribution >= 4 is 0 Å². The molecule has 0 saturated heterocycles. The number of methoxy groups -OCH3 is 1. The molecular formula is C20H25FO2. The topological polar surface area (TPSA) is 29.5 Å². The zero-order chi connectivity index (χ0) is 17.2. The van der Waals surface area contributed by atoms with Crippen LogP contribution in [-0.2, 0) is 6.42 Å². The van der Waals surface area contributed by atoms with Crippen molar-refractivity contribution < 1.29 is 14.2 Å². The second-order valence-electron chi connectivity index (χ2n) is 6.89. The van der Waals surface area contributed by atoms with Crippen molar-refractivity contribution in [3.63, 3.8) is 0 Å². The molecule has 1 atom stereocenters. The maximum Gasteiger partial charge on any atom is 0.131 e. The van der Waals surface area contributed by atoms with E-state index in [0.29, 0.717) is 16.9 Å². The average molecular weight is 316 g/mol. The summed E-state index contributed by atoms with van der Waals surface area (Å²) in [6.07, 6.45) is 0.180. The summed E-state index contributed by atoms with van der Waals surface area (Å²) in [6, 6.07) is 10.5. The number of hydrogen-bond acceptors (Lipinski definition) is 2. The summed E-state index contributed by atoms with van der Waals surface area (Å²) in [5.74, 6) is 0.273. The van der Waals surface area contributed by atoms with Gasteiger partial charge in [0.05, 0.1) is 13.2 Å². The fraction of sp³-hybridized carbons (Fsp3) is 0.400. The number of aliphatic hydroxyl groups excluding tert-OH is 1. The Morgan fingerprint density at radius 3 is 2.35 bits per heavy atom. The van der Waals surface area contributed by atoms with Gasteiger partial charge in [-0.15, -0.1) is 0 Å². The van der Waals surface area contributed by atoms with E-state index in [4.69, 9.17) is 4.74 Å². The van der Waals surface area contributed by atoms with Gasteiger partial charge < -0.3 is 9.84 Å². The molecule has 0 amide bonds. The highest BCUT2D eigenvalue weighted by Crippen LogP contribution is 2.40. The van der Waals surface area contributed by atoms with Gasteiger partial charge in [-0.2, -0.15) is 0 Å². The first-order chi connectivity index (χ1) is 10.8. The minimum Gasteiger partial charge on any atom is -0.497 e. The molecule has 2 aromatic carbocycles. The highest BCUT2D eigenvalue weighted by atomic mass is 19.1. The standard InChI is InChI=1S/C20H25FO2/c1-6-13-7-9-15(17(11-13)19(22)20(2,3)4)16-12-14(23-5)8-10-18(16)21/h7-12,19,22H,6H2,1-5H3/t19-/m0/s1. The lowest BCUT2D eigenvalue weighted by atomic mass is 9.81. The van der Waals surface area contributed by atoms with Crippen LogP contribution in [0.5, 0.6) is 5.75 Å². The van der Waals surface area contributed by atoms with Crippen LogP contribution in [0.3, 0.4) is 0 Å². The van der Waals surface area contributed by atoms with E-state index in [1.165, 1.54) is 6.07 Å². The van der Waals surface area contributed by atoms with Crippen molar-refractivity contribution in [1.82, 2.24) is 0 Å². The summed E-state index contributed by atoms with van der Waals surface area (Å²) in [6.45, 7) is 7.99. The van der Waals surface area contributed by atoms with E-state index in [1.807, 2.05) is 39.0 Å². The Balaban J connectivity index is 2.67. The first-order valence-electron chi connectivity index (χ1n) is 7.92. The molecule has 0 aliphatic rings. The van der Waals surface area contributed by atoms with Gasteiger partial charge in [-0.25, -0.2) is 4.39 Å². The Morgan fingerprint density at radius 1 is 1.09 bits per heavy atom. The van der Waals surface area contributed by atoms with Crippen molar-refractivity contribution in [2.24, 2.45) is 5.41 Å². The molecule has 2 aromatic rings. The highest BCUT2D eigenvalue weighted by Gasteiger charge is 2.27. The monoisotopic (exact) mass is 316 g/mol. The van der Waals surface area contributed by atoms with E-state index in [-0.39, 0.29) is 11.2 Å². The van der Waals surface area contributed by atoms with E-state index < -0.39 is 6.10 Å². The van der Waals surface area contributed by atoms with Crippen LogP contribution in [0.4, 0.5) is 4.39 Å². The van der Waals surface area contributed by atoms with Gasteiger partial charge in [0.1, 0.15) is 11.6 Å². The first kappa shape index (κ1) is 17.5. The smallest absolute Gasteiger partial charge is 0.131 e. The molecule has 0 radical (unpaired) electrons. The summed E-state index contributed by atoms with van der Waals surface area (Å²) < 4.78 is 19.6. The Hall–Kier alpha value is -1.87. The summed E-state index contributed by atoms with van der Waals surface area (Å²) in [5, 5.41) is 10.8. The zero-order valence-corrected chi connectivity index (χ0v) is 14.5. The first-order valence-corrected chi connectivity index (χ1v) is 7.92. The average Bonchev–Trinajstić information content (AvgIpc) is 2.53. The summed E-state index contributed by atoms with van der Waals surface area (Å²) in [4.78, 5) is 0. The fourth-order valence-electron chi connectivity index (χ4n) is 2.61. The third kappa shape index (κ3) is 3.73. The van der Waals surface area contributed by atoms with E-state index in [1.54, 1.807) is 19.2 Å². The third-order valence-electron chi connectivity index (χ3n) is 4.10. The van der Waals surface area contributed by atoms with Crippen molar-refractivity contribution in [2.75, 3.05) is 7.11 Å². The zero-order valence-electron chi connectivity index (χ0n) is 14.5. The summed E-state index contributed by atoms with van der Waals surface area (Å²) in [5.41, 5.74) is 2.70. The molecule has 0 aromatic heterocycles. The molecule has 2 rings (SSSR count). The summed E-state index contributed by atoms with van der Waals surface area (Å²) >= 11 is 0. The minimum atomic E-state index is -0.686. The second-order valence-corrected chi connectivity index (χ2v) is 6.89. The van der Waals surface area contributed by atoms with Crippen LogP contribution in [-0.4, -0.2) is 12.2 Å². The molecular weight excluding hydrogens is 291 g/mol. The Bertz CT molecular complexity index is 687. The number of aliphatic hydroxyl groups is 1. The maximum atomic E-state index is 14.4. The molecule has 2 nitrogen and oxygen atoms in total. The van der Waals surface area contributed by atoms with Gasteiger partial charge in [0.15, 0.2) is 0 Å². The lowest BCUT2D eigenvalue weighted by Crippen LogP contribution is -2.19. The summed E-state index contributed by atoms with van der Waals surface area (Å²) in [7, 11) is 1.56. The highest BCUT2D eigenvalue weighted by molar-refractivity contribution is 5.70. The fourth-order valence-corrected chi connectivity index (χ4v) is 2.61. The predicted molar refractivity (Wildman–Crippen MR) is 92.2 cm³/mol. The molecule has 0 fully saturated rings. The molecule has 124 valence electrons. The van der Waals surface area contributed by atoms with Crippen LogP contribution in [0.15, 0.2) is 36.4 Å². The van der Waals surface area contributed by atoms with E-state index >= 15 is 0 Å². The number of benzene rings is 2. The van der Waals surface area contributed by atoms with Gasteiger partial charge in [-0.3, -0.25) is 0 Å². The molecule has 0 spiro atoms. The Labute approximate surface area is 137 Å². The SMILES string of the molecule is CCc1ccc(-c2cc(OC)ccc2F)c([C@H](O)C(C)(C)C)c1. The van der Waals surface area contributed by atoms with Crippen molar-refractivity contribution in [3.05, 3.63) is 53.3 Å². The molecule has 3 heteroatoms. The van der Waals surface area contributed by atoms with Crippen LogP contribution in [0.2, 0.25) is 0 Å². The Morgan fingerprint density at radius 2 is 1.78 bits per heavy atom. The molecule has 0 aliphatic carbocycles. The quantitative estimate of drug-likeness (QED) is 0.846. The third-order valence-corrected chi connectivity index (χ3v) is 4.10. The minimum absolute atomic E-state index is 0.322. The van der Waals surface area contributed by atoms with Gasteiger partial charge in [-0.1, -0.05) is 45.9 Å². The van der Waals surface area contributed by atoms with Crippen LogP contribution >= 0.6 is 0 Å². The van der Waals surface area contributed by atoms with E-state index in [9.17, 15) is 9.50 Å². The molecule has 0 aliphatic heterocycles. The van der Waals surface area contributed by atoms with Crippen LogP contribution in [0, 0.1) is 11.2 Å². The maximum absolute atomic E-state index is 14.4. The number of ether oxygens (including phenoxy) is 1. The number of halogens is 1. The molecule has 1 N–H and O–H groups in total. The lowest BCUT2D eigenvalue weighted by molar-refractivity contribution is 0.0631. The van der Waals surface area contributed by atoms with E-state index in [0.717, 1.165) is 17.5 Å².